The Morgan fingerprint density at radius 2 is 1.96 bits per heavy atom. The lowest BCUT2D eigenvalue weighted by Gasteiger charge is -2.07. The van der Waals surface area contributed by atoms with Crippen LogP contribution in [0.2, 0.25) is 10.0 Å². The maximum atomic E-state index is 11.2. The predicted octanol–water partition coefficient (Wildman–Crippen LogP) is 5.33. The minimum Gasteiger partial charge on any atom is -0.478 e. The van der Waals surface area contributed by atoms with E-state index in [4.69, 9.17) is 23.2 Å². The number of carbonyl (C=O) groups is 1. The maximum Gasteiger partial charge on any atom is 0.335 e. The number of halogens is 2. The number of aromatic amines is 1. The molecule has 0 unspecified atom stereocenters. The van der Waals surface area contributed by atoms with Gasteiger partial charge in [-0.2, -0.15) is 0 Å². The molecule has 3 rings (SSSR count). The lowest BCUT2D eigenvalue weighted by atomic mass is 9.99. The van der Waals surface area contributed by atoms with Crippen molar-refractivity contribution in [3.63, 3.8) is 0 Å². The first kappa shape index (κ1) is 15.9. The molecule has 0 saturated carbocycles. The van der Waals surface area contributed by atoms with Crippen LogP contribution in [0.25, 0.3) is 10.9 Å². The molecule has 5 heteroatoms. The Hall–Kier alpha value is -1.97. The van der Waals surface area contributed by atoms with Crippen molar-refractivity contribution in [2.24, 2.45) is 0 Å². The normalized spacial score (nSPS) is 11.1. The van der Waals surface area contributed by atoms with E-state index in [9.17, 15) is 9.90 Å². The summed E-state index contributed by atoms with van der Waals surface area (Å²) in [5.41, 5.74) is 4.35. The van der Waals surface area contributed by atoms with Crippen LogP contribution in [0.4, 0.5) is 0 Å². The van der Waals surface area contributed by atoms with Gasteiger partial charge in [0.15, 0.2) is 0 Å². The summed E-state index contributed by atoms with van der Waals surface area (Å²) in [5.74, 6) is -0.929. The number of benzene rings is 2. The van der Waals surface area contributed by atoms with Gasteiger partial charge in [-0.15, -0.1) is 0 Å². The first-order valence-electron chi connectivity index (χ1n) is 7.30. The summed E-state index contributed by atoms with van der Waals surface area (Å²) in [6.07, 6.45) is 1.46. The number of H-pyrrole nitrogens is 1. The van der Waals surface area contributed by atoms with Gasteiger partial charge in [0.25, 0.3) is 0 Å². The van der Waals surface area contributed by atoms with Crippen LogP contribution in [-0.4, -0.2) is 16.1 Å². The third-order valence-corrected chi connectivity index (χ3v) is 4.56. The smallest absolute Gasteiger partial charge is 0.335 e. The van der Waals surface area contributed by atoms with Gasteiger partial charge in [0.05, 0.1) is 5.56 Å². The van der Waals surface area contributed by atoms with Crippen molar-refractivity contribution in [1.29, 1.82) is 0 Å². The molecule has 0 fully saturated rings. The molecule has 0 radical (unpaired) electrons. The molecule has 0 saturated heterocycles. The highest BCUT2D eigenvalue weighted by molar-refractivity contribution is 6.35. The largest absolute Gasteiger partial charge is 0.478 e. The lowest BCUT2D eigenvalue weighted by molar-refractivity contribution is 0.0697. The zero-order chi connectivity index (χ0) is 16.6. The Morgan fingerprint density at radius 1 is 1.17 bits per heavy atom. The third-order valence-electron chi connectivity index (χ3n) is 3.98. The summed E-state index contributed by atoms with van der Waals surface area (Å²) in [5, 5.41) is 11.4. The van der Waals surface area contributed by atoms with E-state index in [1.807, 2.05) is 18.2 Å². The summed E-state index contributed by atoms with van der Waals surface area (Å²) in [6.45, 7) is 2.07. The standard InChI is InChI=1S/C18H15Cl2NO2/c1-2-16-13(7-10-3-5-12(19)9-15(10)20)14-8-11(18(22)23)4-6-17(14)21-16/h3-6,8-9,21H,2,7H2,1H3,(H,22,23). The molecule has 0 aliphatic rings. The number of nitrogens with one attached hydrogen (secondary N) is 1. The van der Waals surface area contributed by atoms with Crippen molar-refractivity contribution in [3.8, 4) is 0 Å². The molecule has 1 aromatic heterocycles. The van der Waals surface area contributed by atoms with Crippen LogP contribution in [0.1, 0.15) is 34.1 Å². The maximum absolute atomic E-state index is 11.2. The van der Waals surface area contributed by atoms with Crippen LogP contribution in [-0.2, 0) is 12.8 Å². The Kier molecular flexibility index (Phi) is 4.33. The summed E-state index contributed by atoms with van der Waals surface area (Å²) in [4.78, 5) is 14.6. The highest BCUT2D eigenvalue weighted by atomic mass is 35.5. The molecule has 1 heterocycles. The van der Waals surface area contributed by atoms with Crippen LogP contribution in [0.5, 0.6) is 0 Å². The molecule has 0 aliphatic carbocycles. The third kappa shape index (κ3) is 3.07. The fourth-order valence-corrected chi connectivity index (χ4v) is 3.27. The number of aromatic carboxylic acids is 1. The topological polar surface area (TPSA) is 53.1 Å². The minimum absolute atomic E-state index is 0.280. The highest BCUT2D eigenvalue weighted by Crippen LogP contribution is 2.30. The summed E-state index contributed by atoms with van der Waals surface area (Å²) in [7, 11) is 0. The minimum atomic E-state index is -0.929. The van der Waals surface area contributed by atoms with Crippen molar-refractivity contribution in [2.75, 3.05) is 0 Å². The first-order valence-corrected chi connectivity index (χ1v) is 8.06. The van der Waals surface area contributed by atoms with Crippen molar-refractivity contribution in [1.82, 2.24) is 4.98 Å². The fourth-order valence-electron chi connectivity index (χ4n) is 2.80. The molecule has 3 nitrogen and oxygen atoms in total. The van der Waals surface area contributed by atoms with Crippen LogP contribution in [0.3, 0.4) is 0 Å². The van der Waals surface area contributed by atoms with Crippen molar-refractivity contribution in [3.05, 3.63) is 68.8 Å². The zero-order valence-electron chi connectivity index (χ0n) is 12.5. The number of aryl methyl sites for hydroxylation is 1. The molecule has 0 aliphatic heterocycles. The number of hydrogen-bond acceptors (Lipinski definition) is 1. The van der Waals surface area contributed by atoms with Crippen molar-refractivity contribution >= 4 is 40.1 Å². The monoisotopic (exact) mass is 347 g/mol. The second-order valence-corrected chi connectivity index (χ2v) is 6.26. The van der Waals surface area contributed by atoms with Gasteiger partial charge < -0.3 is 10.1 Å². The van der Waals surface area contributed by atoms with E-state index in [1.165, 1.54) is 0 Å². The van der Waals surface area contributed by atoms with E-state index in [0.717, 1.165) is 34.1 Å². The molecule has 0 bridgehead atoms. The van der Waals surface area contributed by atoms with Crippen molar-refractivity contribution in [2.45, 2.75) is 19.8 Å². The Balaban J connectivity index is 2.14. The Morgan fingerprint density at radius 3 is 2.61 bits per heavy atom. The summed E-state index contributed by atoms with van der Waals surface area (Å²) in [6, 6.07) is 10.6. The molecular formula is C18H15Cl2NO2. The molecule has 0 spiro atoms. The van der Waals surface area contributed by atoms with Crippen LogP contribution >= 0.6 is 23.2 Å². The number of rotatable bonds is 4. The molecule has 0 amide bonds. The van der Waals surface area contributed by atoms with Crippen LogP contribution < -0.4 is 0 Å². The average Bonchev–Trinajstić information content (AvgIpc) is 2.87. The Labute approximate surface area is 143 Å². The first-order chi connectivity index (χ1) is 11.0. The molecule has 23 heavy (non-hydrogen) atoms. The van der Waals surface area contributed by atoms with E-state index in [1.54, 1.807) is 18.2 Å². The molecular weight excluding hydrogens is 333 g/mol. The average molecular weight is 348 g/mol. The summed E-state index contributed by atoms with van der Waals surface area (Å²) < 4.78 is 0. The number of carboxylic acid groups (broad SMARTS) is 1. The molecule has 2 aromatic carbocycles. The van der Waals surface area contributed by atoms with Gasteiger partial charge >= 0.3 is 5.97 Å². The van der Waals surface area contributed by atoms with Crippen LogP contribution in [0.15, 0.2) is 36.4 Å². The van der Waals surface area contributed by atoms with E-state index in [2.05, 4.69) is 11.9 Å². The molecule has 2 N–H and O–H groups in total. The van der Waals surface area contributed by atoms with Gasteiger partial charge in [-0.1, -0.05) is 36.2 Å². The van der Waals surface area contributed by atoms with E-state index in [-0.39, 0.29) is 5.56 Å². The molecule has 3 aromatic rings. The van der Waals surface area contributed by atoms with Gasteiger partial charge in [0.1, 0.15) is 0 Å². The van der Waals surface area contributed by atoms with E-state index < -0.39 is 5.97 Å². The van der Waals surface area contributed by atoms with Gasteiger partial charge in [0, 0.05) is 33.1 Å². The summed E-state index contributed by atoms with van der Waals surface area (Å²) >= 11 is 12.2. The number of fused-ring (bicyclic) bond motifs is 1. The van der Waals surface area contributed by atoms with Gasteiger partial charge in [0.2, 0.25) is 0 Å². The molecule has 118 valence electrons. The van der Waals surface area contributed by atoms with Crippen molar-refractivity contribution < 1.29 is 9.90 Å². The SMILES string of the molecule is CCc1[nH]c2ccc(C(=O)O)cc2c1Cc1ccc(Cl)cc1Cl. The number of aromatic nitrogens is 1. The van der Waals surface area contributed by atoms with Gasteiger partial charge in [-0.3, -0.25) is 0 Å². The number of hydrogen-bond donors (Lipinski definition) is 2. The van der Waals surface area contributed by atoms with Crippen LogP contribution in [0, 0.1) is 0 Å². The number of carboxylic acids is 1. The Bertz CT molecular complexity index is 899. The van der Waals surface area contributed by atoms with E-state index >= 15 is 0 Å². The van der Waals surface area contributed by atoms with Gasteiger partial charge in [-0.25, -0.2) is 4.79 Å². The fraction of sp³-hybridized carbons (Fsp3) is 0.167. The zero-order valence-corrected chi connectivity index (χ0v) is 14.0. The lowest BCUT2D eigenvalue weighted by Crippen LogP contribution is -1.96. The quantitative estimate of drug-likeness (QED) is 0.670. The molecule has 0 atom stereocenters. The second kappa shape index (κ2) is 6.26. The second-order valence-electron chi connectivity index (χ2n) is 5.41. The highest BCUT2D eigenvalue weighted by Gasteiger charge is 2.14. The van der Waals surface area contributed by atoms with Gasteiger partial charge in [-0.05, 0) is 47.9 Å². The van der Waals surface area contributed by atoms with E-state index in [0.29, 0.717) is 16.5 Å². The predicted molar refractivity (Wildman–Crippen MR) is 93.9 cm³/mol.